The molecule has 1 N–H and O–H groups in total. The molecule has 0 aliphatic heterocycles. The fourth-order valence-corrected chi connectivity index (χ4v) is 2.54. The van der Waals surface area contributed by atoms with Crippen molar-refractivity contribution in [2.24, 2.45) is 13.0 Å². The molecule has 1 aliphatic carbocycles. The molecule has 3 rings (SSSR count). The largest absolute Gasteiger partial charge is 0.311 e. The summed E-state index contributed by atoms with van der Waals surface area (Å²) in [5, 5.41) is 0. The predicted molar refractivity (Wildman–Crippen MR) is 83.9 cm³/mol. The zero-order valence-corrected chi connectivity index (χ0v) is 12.9. The molecule has 5 heteroatoms. The molecule has 0 unspecified atom stereocenters. The van der Waals surface area contributed by atoms with Gasteiger partial charge in [-0.3, -0.25) is 4.79 Å². The number of nitrogens with one attached hydrogen (secondary N) is 1. The van der Waals surface area contributed by atoms with E-state index in [0.29, 0.717) is 22.9 Å². The maximum atomic E-state index is 11.6. The van der Waals surface area contributed by atoms with Crippen molar-refractivity contribution in [2.45, 2.75) is 46.0 Å². The minimum Gasteiger partial charge on any atom is -0.311 e. The molecule has 0 atom stereocenters. The lowest BCUT2D eigenvalue weighted by molar-refractivity contribution is 0.430. The molecule has 2 aromatic heterocycles. The van der Waals surface area contributed by atoms with E-state index in [1.807, 2.05) is 20.9 Å². The van der Waals surface area contributed by atoms with Crippen LogP contribution in [0.2, 0.25) is 0 Å². The van der Waals surface area contributed by atoms with Crippen LogP contribution in [0.15, 0.2) is 11.1 Å². The Morgan fingerprint density at radius 3 is 2.67 bits per heavy atom. The molecule has 0 aromatic carbocycles. The highest BCUT2D eigenvalue weighted by Crippen LogP contribution is 2.22. The third kappa shape index (κ3) is 3.33. The van der Waals surface area contributed by atoms with E-state index in [1.165, 1.54) is 38.4 Å². The zero-order chi connectivity index (χ0) is 15.2. The predicted octanol–water partition coefficient (Wildman–Crippen LogP) is 2.61. The third-order valence-corrected chi connectivity index (χ3v) is 3.66. The maximum absolute atomic E-state index is 11.6. The van der Waals surface area contributed by atoms with Crippen molar-refractivity contribution in [3.05, 3.63) is 22.5 Å². The second kappa shape index (κ2) is 7.07. The molecule has 1 fully saturated rings. The minimum atomic E-state index is -0.216. The van der Waals surface area contributed by atoms with Crippen LogP contribution in [0.25, 0.3) is 11.2 Å². The van der Waals surface area contributed by atoms with Crippen LogP contribution in [0.1, 0.15) is 51.8 Å². The molecule has 5 nitrogen and oxygen atoms in total. The van der Waals surface area contributed by atoms with Gasteiger partial charge in [-0.15, -0.1) is 0 Å². The molecule has 1 saturated carbocycles. The molecular weight excluding hydrogens is 264 g/mol. The number of rotatable bonds is 0. The fraction of sp³-hybridized carbons (Fsp3) is 0.562. The van der Waals surface area contributed by atoms with Gasteiger partial charge in [-0.05, 0) is 18.8 Å². The van der Waals surface area contributed by atoms with Crippen LogP contribution in [0, 0.1) is 17.8 Å². The average Bonchev–Trinajstić information content (AvgIpc) is 2.87. The van der Waals surface area contributed by atoms with E-state index in [1.54, 1.807) is 4.57 Å². The second-order valence-corrected chi connectivity index (χ2v) is 5.00. The van der Waals surface area contributed by atoms with Crippen molar-refractivity contribution in [3.63, 3.8) is 0 Å². The lowest BCUT2D eigenvalue weighted by Gasteiger charge is -2.15. The van der Waals surface area contributed by atoms with E-state index in [-0.39, 0.29) is 5.56 Å². The van der Waals surface area contributed by atoms with Crippen molar-refractivity contribution < 1.29 is 0 Å². The lowest BCUT2D eigenvalue weighted by atomic mass is 9.90. The van der Waals surface area contributed by atoms with Crippen molar-refractivity contribution >= 4 is 11.2 Å². The summed E-state index contributed by atoms with van der Waals surface area (Å²) in [5.74, 6) is 7.48. The minimum absolute atomic E-state index is 0.216. The first kappa shape index (κ1) is 15.3. The summed E-state index contributed by atoms with van der Waals surface area (Å²) in [6.07, 6.45) is 7.60. The van der Waals surface area contributed by atoms with Gasteiger partial charge < -0.3 is 9.55 Å². The van der Waals surface area contributed by atoms with Gasteiger partial charge in [0.05, 0.1) is 6.33 Å². The van der Waals surface area contributed by atoms with Crippen molar-refractivity contribution in [1.82, 2.24) is 19.5 Å². The van der Waals surface area contributed by atoms with E-state index in [9.17, 15) is 4.79 Å². The molecule has 0 saturated heterocycles. The Balaban J connectivity index is 0.000000774. The van der Waals surface area contributed by atoms with Crippen molar-refractivity contribution in [2.75, 3.05) is 0 Å². The average molecular weight is 286 g/mol. The van der Waals surface area contributed by atoms with Crippen LogP contribution >= 0.6 is 0 Å². The van der Waals surface area contributed by atoms with Gasteiger partial charge in [0, 0.05) is 13.0 Å². The van der Waals surface area contributed by atoms with Crippen molar-refractivity contribution in [3.8, 4) is 11.8 Å². The van der Waals surface area contributed by atoms with E-state index in [2.05, 4.69) is 26.8 Å². The Morgan fingerprint density at radius 2 is 2.00 bits per heavy atom. The molecule has 0 bridgehead atoms. The van der Waals surface area contributed by atoms with Crippen LogP contribution in [-0.2, 0) is 7.05 Å². The number of aromatic nitrogens is 4. The number of hydrogen-bond donors (Lipinski definition) is 1. The molecule has 21 heavy (non-hydrogen) atoms. The van der Waals surface area contributed by atoms with Gasteiger partial charge in [0.1, 0.15) is 0 Å². The third-order valence-electron chi connectivity index (χ3n) is 3.66. The highest BCUT2D eigenvalue weighted by Gasteiger charge is 2.12. The number of imidazole rings is 1. The highest BCUT2D eigenvalue weighted by atomic mass is 16.1. The molecule has 2 heterocycles. The van der Waals surface area contributed by atoms with E-state index < -0.39 is 0 Å². The SMILES string of the molecule is CC.Cn1c(C#CC2CCCCC2)nc2c(=O)[nH]cnc21. The number of hydrogen-bond acceptors (Lipinski definition) is 3. The highest BCUT2D eigenvalue weighted by molar-refractivity contribution is 5.70. The standard InChI is InChI=1S/C14H16N4O.C2H6/c1-18-11(8-7-10-5-3-2-4-6-10)17-12-13(18)15-9-16-14(12)19;1-2/h9-10H,2-6H2,1H3,(H,15,16,19);1-2H3. The summed E-state index contributed by atoms with van der Waals surface area (Å²) in [6.45, 7) is 4.00. The first-order chi connectivity index (χ1) is 10.3. The Bertz CT molecular complexity index is 711. The van der Waals surface area contributed by atoms with Crippen LogP contribution < -0.4 is 5.56 Å². The Hall–Kier alpha value is -2.09. The van der Waals surface area contributed by atoms with Crippen LogP contribution in [0.4, 0.5) is 0 Å². The topological polar surface area (TPSA) is 63.6 Å². The van der Waals surface area contributed by atoms with E-state index >= 15 is 0 Å². The van der Waals surface area contributed by atoms with Crippen LogP contribution in [-0.4, -0.2) is 19.5 Å². The first-order valence-corrected chi connectivity index (χ1v) is 7.67. The molecule has 0 spiro atoms. The summed E-state index contributed by atoms with van der Waals surface area (Å²) in [4.78, 5) is 22.6. The molecule has 1 aliphatic rings. The second-order valence-electron chi connectivity index (χ2n) is 5.00. The van der Waals surface area contributed by atoms with Gasteiger partial charge in [0.2, 0.25) is 0 Å². The van der Waals surface area contributed by atoms with Gasteiger partial charge in [0.25, 0.3) is 5.56 Å². The van der Waals surface area contributed by atoms with Gasteiger partial charge in [-0.25, -0.2) is 9.97 Å². The fourth-order valence-electron chi connectivity index (χ4n) is 2.54. The van der Waals surface area contributed by atoms with Crippen LogP contribution in [0.5, 0.6) is 0 Å². The Labute approximate surface area is 124 Å². The number of aromatic amines is 1. The van der Waals surface area contributed by atoms with Gasteiger partial charge >= 0.3 is 0 Å². The molecular formula is C16H22N4O. The Kier molecular flexibility index (Phi) is 5.15. The number of nitrogens with zero attached hydrogens (tertiary/aromatic N) is 3. The molecule has 0 radical (unpaired) electrons. The molecule has 112 valence electrons. The van der Waals surface area contributed by atoms with Gasteiger partial charge in [-0.2, -0.15) is 0 Å². The zero-order valence-electron chi connectivity index (χ0n) is 12.9. The Morgan fingerprint density at radius 1 is 1.29 bits per heavy atom. The number of fused-ring (bicyclic) bond motifs is 1. The summed E-state index contributed by atoms with van der Waals surface area (Å²) in [7, 11) is 1.84. The maximum Gasteiger partial charge on any atom is 0.278 e. The monoisotopic (exact) mass is 286 g/mol. The van der Waals surface area contributed by atoms with Gasteiger partial charge in [0.15, 0.2) is 17.0 Å². The number of H-pyrrole nitrogens is 1. The summed E-state index contributed by atoms with van der Waals surface area (Å²) < 4.78 is 1.78. The van der Waals surface area contributed by atoms with E-state index in [0.717, 1.165) is 0 Å². The normalized spacial score (nSPS) is 15.0. The first-order valence-electron chi connectivity index (χ1n) is 7.67. The van der Waals surface area contributed by atoms with E-state index in [4.69, 9.17) is 0 Å². The van der Waals surface area contributed by atoms with Crippen molar-refractivity contribution in [1.29, 1.82) is 0 Å². The quantitative estimate of drug-likeness (QED) is 0.757. The summed E-state index contributed by atoms with van der Waals surface area (Å²) in [5.41, 5.74) is 0.723. The number of aryl methyl sites for hydroxylation is 1. The smallest absolute Gasteiger partial charge is 0.278 e. The van der Waals surface area contributed by atoms with Gasteiger partial charge in [-0.1, -0.05) is 39.0 Å². The molecule has 0 amide bonds. The summed E-state index contributed by atoms with van der Waals surface area (Å²) in [6, 6.07) is 0. The lowest BCUT2D eigenvalue weighted by Crippen LogP contribution is -2.06. The summed E-state index contributed by atoms with van der Waals surface area (Å²) >= 11 is 0. The van der Waals surface area contributed by atoms with Crippen LogP contribution in [0.3, 0.4) is 0 Å². The molecule has 2 aromatic rings.